The van der Waals surface area contributed by atoms with Crippen molar-refractivity contribution in [1.29, 1.82) is 0 Å². The zero-order valence-corrected chi connectivity index (χ0v) is 19.8. The molecule has 2 aliphatic heterocycles. The number of anilines is 1. The normalized spacial score (nSPS) is 19.8. The van der Waals surface area contributed by atoms with E-state index in [1.54, 1.807) is 29.2 Å². The highest BCUT2D eigenvalue weighted by Crippen LogP contribution is 2.24. The van der Waals surface area contributed by atoms with Gasteiger partial charge in [0.05, 0.1) is 15.8 Å². The number of pyridine rings is 1. The first-order valence-electron chi connectivity index (χ1n) is 11.2. The van der Waals surface area contributed by atoms with Gasteiger partial charge < -0.3 is 10.2 Å². The highest BCUT2D eigenvalue weighted by Gasteiger charge is 2.31. The summed E-state index contributed by atoms with van der Waals surface area (Å²) in [6, 6.07) is 9.48. The third kappa shape index (κ3) is 5.54. The van der Waals surface area contributed by atoms with Gasteiger partial charge in [0.25, 0.3) is 5.91 Å². The van der Waals surface area contributed by atoms with E-state index in [2.05, 4.69) is 10.3 Å². The second kappa shape index (κ2) is 10.2. The Morgan fingerprint density at radius 2 is 1.82 bits per heavy atom. The average Bonchev–Trinajstić information content (AvgIpc) is 2.85. The number of benzene rings is 1. The lowest BCUT2D eigenvalue weighted by atomic mass is 9.96. The molecule has 33 heavy (non-hydrogen) atoms. The second-order valence-corrected chi connectivity index (χ2v) is 10.8. The van der Waals surface area contributed by atoms with E-state index in [9.17, 15) is 18.0 Å². The van der Waals surface area contributed by atoms with E-state index in [1.165, 1.54) is 22.6 Å². The predicted molar refractivity (Wildman–Crippen MR) is 126 cm³/mol. The van der Waals surface area contributed by atoms with Gasteiger partial charge >= 0.3 is 0 Å². The third-order valence-corrected chi connectivity index (χ3v) is 8.21. The number of aromatic nitrogens is 1. The van der Waals surface area contributed by atoms with Gasteiger partial charge in [-0.2, -0.15) is 4.31 Å². The summed E-state index contributed by atoms with van der Waals surface area (Å²) >= 11 is 5.83. The monoisotopic (exact) mass is 490 g/mol. The summed E-state index contributed by atoms with van der Waals surface area (Å²) in [5.41, 5.74) is 0.313. The number of rotatable bonds is 5. The Morgan fingerprint density at radius 1 is 1.03 bits per heavy atom. The molecule has 2 saturated heterocycles. The number of hydrogen-bond acceptors (Lipinski definition) is 5. The topological polar surface area (TPSA) is 99.7 Å². The maximum absolute atomic E-state index is 13.2. The first kappa shape index (κ1) is 23.7. The van der Waals surface area contributed by atoms with Crippen LogP contribution in [0.3, 0.4) is 0 Å². The van der Waals surface area contributed by atoms with Crippen LogP contribution in [0.2, 0.25) is 5.02 Å². The number of hydrogen-bond donors (Lipinski definition) is 1. The van der Waals surface area contributed by atoms with Gasteiger partial charge in [0, 0.05) is 37.9 Å². The van der Waals surface area contributed by atoms with Crippen LogP contribution in [0.25, 0.3) is 0 Å². The second-order valence-electron chi connectivity index (χ2n) is 8.43. The van der Waals surface area contributed by atoms with Crippen LogP contribution in [0.15, 0.2) is 47.5 Å². The molecule has 8 nitrogen and oxygen atoms in total. The average molecular weight is 491 g/mol. The van der Waals surface area contributed by atoms with E-state index in [-0.39, 0.29) is 29.2 Å². The standard InChI is InChI=1S/C23H27ClN4O4S/c24-19-9-10-21(25-15-19)26-22(29)18-7-5-11-27(16-18)23(30)17-6-4-8-20(14-17)33(31,32)28-12-2-1-3-13-28/h4,6,8-10,14-15,18H,1-3,5,7,11-13,16H2,(H,25,26,29). The Balaban J connectivity index is 1.44. The molecule has 176 valence electrons. The summed E-state index contributed by atoms with van der Waals surface area (Å²) in [5.74, 6) is -0.444. The van der Waals surface area contributed by atoms with Crippen molar-refractivity contribution in [1.82, 2.24) is 14.2 Å². The molecule has 1 unspecified atom stereocenters. The van der Waals surface area contributed by atoms with Crippen molar-refractivity contribution in [3.8, 4) is 0 Å². The van der Waals surface area contributed by atoms with Crippen LogP contribution in [0.4, 0.5) is 5.82 Å². The number of nitrogens with zero attached hydrogens (tertiary/aromatic N) is 3. The lowest BCUT2D eigenvalue weighted by molar-refractivity contribution is -0.121. The molecule has 0 saturated carbocycles. The van der Waals surface area contributed by atoms with Crippen LogP contribution in [-0.2, 0) is 14.8 Å². The molecule has 4 rings (SSSR count). The minimum Gasteiger partial charge on any atom is -0.338 e. The molecule has 1 N–H and O–H groups in total. The molecule has 0 spiro atoms. The van der Waals surface area contributed by atoms with E-state index in [0.29, 0.717) is 48.9 Å². The van der Waals surface area contributed by atoms with E-state index in [4.69, 9.17) is 11.6 Å². The summed E-state index contributed by atoms with van der Waals surface area (Å²) in [6.45, 7) is 1.80. The molecule has 1 atom stereocenters. The van der Waals surface area contributed by atoms with Gasteiger partial charge in [-0.25, -0.2) is 13.4 Å². The molecule has 3 heterocycles. The Morgan fingerprint density at radius 3 is 2.55 bits per heavy atom. The van der Waals surface area contributed by atoms with Crippen molar-refractivity contribution < 1.29 is 18.0 Å². The van der Waals surface area contributed by atoms with Gasteiger partial charge in [-0.05, 0) is 56.0 Å². The lowest BCUT2D eigenvalue weighted by Crippen LogP contribution is -2.44. The quantitative estimate of drug-likeness (QED) is 0.692. The lowest BCUT2D eigenvalue weighted by Gasteiger charge is -2.32. The molecule has 0 aliphatic carbocycles. The van der Waals surface area contributed by atoms with E-state index in [0.717, 1.165) is 19.3 Å². The molecule has 2 aliphatic rings. The fourth-order valence-corrected chi connectivity index (χ4v) is 5.96. The number of likely N-dealkylation sites (tertiary alicyclic amines) is 1. The number of carbonyl (C=O) groups excluding carboxylic acids is 2. The van der Waals surface area contributed by atoms with Crippen molar-refractivity contribution in [2.75, 3.05) is 31.5 Å². The van der Waals surface area contributed by atoms with Crippen molar-refractivity contribution in [2.24, 2.45) is 5.92 Å². The third-order valence-electron chi connectivity index (χ3n) is 6.09. The molecule has 2 fully saturated rings. The fourth-order valence-electron chi connectivity index (χ4n) is 4.28. The van der Waals surface area contributed by atoms with Crippen molar-refractivity contribution in [3.05, 3.63) is 53.2 Å². The van der Waals surface area contributed by atoms with Crippen molar-refractivity contribution in [3.63, 3.8) is 0 Å². The van der Waals surface area contributed by atoms with Crippen molar-refractivity contribution in [2.45, 2.75) is 37.0 Å². The first-order chi connectivity index (χ1) is 15.8. The summed E-state index contributed by atoms with van der Waals surface area (Å²) in [4.78, 5) is 31.7. The summed E-state index contributed by atoms with van der Waals surface area (Å²) in [5, 5.41) is 3.25. The van der Waals surface area contributed by atoms with Gasteiger partial charge in [-0.3, -0.25) is 9.59 Å². The van der Waals surface area contributed by atoms with Gasteiger partial charge in [0.2, 0.25) is 15.9 Å². The van der Waals surface area contributed by atoms with Gasteiger partial charge in [0.15, 0.2) is 0 Å². The highest BCUT2D eigenvalue weighted by molar-refractivity contribution is 7.89. The Kier molecular flexibility index (Phi) is 7.31. The summed E-state index contributed by atoms with van der Waals surface area (Å²) in [7, 11) is -3.63. The van der Waals surface area contributed by atoms with Crippen LogP contribution in [0, 0.1) is 5.92 Å². The van der Waals surface area contributed by atoms with E-state index < -0.39 is 10.0 Å². The minimum absolute atomic E-state index is 0.135. The zero-order chi connectivity index (χ0) is 23.4. The largest absolute Gasteiger partial charge is 0.338 e. The molecule has 1 aromatic heterocycles. The zero-order valence-electron chi connectivity index (χ0n) is 18.2. The summed E-state index contributed by atoms with van der Waals surface area (Å²) in [6.07, 6.45) is 5.53. The molecule has 10 heteroatoms. The number of piperidine rings is 2. The molecule has 2 aromatic rings. The van der Waals surface area contributed by atoms with Crippen LogP contribution in [-0.4, -0.2) is 60.6 Å². The molecular weight excluding hydrogens is 464 g/mol. The van der Waals surface area contributed by atoms with Crippen LogP contribution in [0.5, 0.6) is 0 Å². The van der Waals surface area contributed by atoms with Crippen LogP contribution >= 0.6 is 11.6 Å². The van der Waals surface area contributed by atoms with Gasteiger partial charge in [-0.15, -0.1) is 0 Å². The number of amides is 2. The highest BCUT2D eigenvalue weighted by atomic mass is 35.5. The maximum atomic E-state index is 13.2. The first-order valence-corrected chi connectivity index (χ1v) is 13.0. The number of halogens is 1. The summed E-state index contributed by atoms with van der Waals surface area (Å²) < 4.78 is 27.5. The van der Waals surface area contributed by atoms with E-state index >= 15 is 0 Å². The molecule has 0 radical (unpaired) electrons. The number of nitrogens with one attached hydrogen (secondary N) is 1. The van der Waals surface area contributed by atoms with Crippen LogP contribution < -0.4 is 5.32 Å². The Labute approximate surface area is 199 Å². The van der Waals surface area contributed by atoms with Crippen LogP contribution in [0.1, 0.15) is 42.5 Å². The Hall–Kier alpha value is -2.49. The molecular formula is C23H27ClN4O4S. The molecule has 1 aromatic carbocycles. The van der Waals surface area contributed by atoms with Crippen molar-refractivity contribution >= 4 is 39.3 Å². The maximum Gasteiger partial charge on any atom is 0.253 e. The smallest absolute Gasteiger partial charge is 0.253 e. The molecule has 2 amide bonds. The number of sulfonamides is 1. The predicted octanol–water partition coefficient (Wildman–Crippen LogP) is 3.40. The van der Waals surface area contributed by atoms with Gasteiger partial charge in [0.1, 0.15) is 5.82 Å². The SMILES string of the molecule is O=C(Nc1ccc(Cl)cn1)C1CCCN(C(=O)c2cccc(S(=O)(=O)N3CCCCC3)c2)C1. The Bertz CT molecular complexity index is 1120. The van der Waals surface area contributed by atoms with E-state index in [1.807, 2.05) is 0 Å². The number of carbonyl (C=O) groups is 2. The minimum atomic E-state index is -3.63. The molecule has 0 bridgehead atoms. The fraction of sp³-hybridized carbons (Fsp3) is 0.435. The van der Waals surface area contributed by atoms with Gasteiger partial charge in [-0.1, -0.05) is 24.1 Å².